The van der Waals surface area contributed by atoms with E-state index in [4.69, 9.17) is 5.73 Å². The molecule has 0 atom stereocenters. The molecule has 92 valence electrons. The van der Waals surface area contributed by atoms with Crippen molar-refractivity contribution in [1.82, 2.24) is 10.3 Å². The number of aromatic nitrogens is 1. The molecule has 1 aliphatic rings. The van der Waals surface area contributed by atoms with Gasteiger partial charge in [0.2, 0.25) is 0 Å². The third kappa shape index (κ3) is 2.94. The molecule has 1 amide bonds. The lowest BCUT2D eigenvalue weighted by atomic mass is 9.91. The number of nitrogens with one attached hydrogen (secondary N) is 1. The van der Waals surface area contributed by atoms with Crippen molar-refractivity contribution < 1.29 is 9.90 Å². The van der Waals surface area contributed by atoms with Gasteiger partial charge in [0, 0.05) is 18.3 Å². The summed E-state index contributed by atoms with van der Waals surface area (Å²) in [6, 6.07) is 1.94. The van der Waals surface area contributed by atoms with Gasteiger partial charge in [-0.25, -0.2) is 0 Å². The molecule has 4 N–H and O–H groups in total. The predicted molar refractivity (Wildman–Crippen MR) is 63.6 cm³/mol. The van der Waals surface area contributed by atoms with Crippen LogP contribution in [-0.4, -0.2) is 28.1 Å². The molecule has 1 aliphatic carbocycles. The fourth-order valence-electron chi connectivity index (χ4n) is 2.10. The van der Waals surface area contributed by atoms with Crippen LogP contribution in [0.2, 0.25) is 0 Å². The highest BCUT2D eigenvalue weighted by molar-refractivity contribution is 5.96. The van der Waals surface area contributed by atoms with Gasteiger partial charge in [-0.05, 0) is 31.7 Å². The smallest absolute Gasteiger partial charge is 0.255 e. The molecule has 1 fully saturated rings. The molecule has 5 heteroatoms. The van der Waals surface area contributed by atoms with Crippen molar-refractivity contribution in [3.8, 4) is 5.75 Å². The van der Waals surface area contributed by atoms with Crippen molar-refractivity contribution in [1.29, 1.82) is 0 Å². The molecule has 1 heterocycles. The molecule has 1 saturated carbocycles. The van der Waals surface area contributed by atoms with Gasteiger partial charge >= 0.3 is 0 Å². The van der Waals surface area contributed by atoms with Crippen LogP contribution in [0.4, 0.5) is 0 Å². The zero-order chi connectivity index (χ0) is 12.3. The number of pyridine rings is 1. The van der Waals surface area contributed by atoms with Crippen LogP contribution in [0, 0.1) is 0 Å². The Balaban J connectivity index is 1.96. The first-order valence-electron chi connectivity index (χ1n) is 5.86. The van der Waals surface area contributed by atoms with Gasteiger partial charge in [-0.15, -0.1) is 0 Å². The highest BCUT2D eigenvalue weighted by Gasteiger charge is 2.21. The van der Waals surface area contributed by atoms with E-state index < -0.39 is 0 Å². The van der Waals surface area contributed by atoms with E-state index in [1.165, 1.54) is 18.5 Å². The summed E-state index contributed by atoms with van der Waals surface area (Å²) in [6.07, 6.45) is 6.44. The van der Waals surface area contributed by atoms with Gasteiger partial charge in [0.1, 0.15) is 5.75 Å². The van der Waals surface area contributed by atoms with Crippen molar-refractivity contribution in [2.24, 2.45) is 5.73 Å². The molecule has 0 radical (unpaired) electrons. The summed E-state index contributed by atoms with van der Waals surface area (Å²) < 4.78 is 0. The number of carbonyl (C=O) groups excluding carboxylic acids is 1. The monoisotopic (exact) mass is 235 g/mol. The number of nitrogens with two attached hydrogens (primary N) is 1. The second kappa shape index (κ2) is 5.14. The van der Waals surface area contributed by atoms with Crippen molar-refractivity contribution >= 4 is 5.91 Å². The SMILES string of the molecule is NC1CCC(NC(=O)c2ccncc2O)CC1. The number of hydrogen-bond acceptors (Lipinski definition) is 4. The third-order valence-corrected chi connectivity index (χ3v) is 3.15. The highest BCUT2D eigenvalue weighted by Crippen LogP contribution is 2.19. The van der Waals surface area contributed by atoms with Crippen LogP contribution in [0.5, 0.6) is 5.75 Å². The van der Waals surface area contributed by atoms with E-state index in [1.807, 2.05) is 0 Å². The van der Waals surface area contributed by atoms with Crippen LogP contribution in [0.3, 0.4) is 0 Å². The second-order valence-corrected chi connectivity index (χ2v) is 4.48. The van der Waals surface area contributed by atoms with E-state index in [0.29, 0.717) is 0 Å². The lowest BCUT2D eigenvalue weighted by Gasteiger charge is -2.26. The zero-order valence-corrected chi connectivity index (χ0v) is 9.60. The maximum atomic E-state index is 11.9. The number of nitrogens with zero attached hydrogens (tertiary/aromatic N) is 1. The predicted octanol–water partition coefficient (Wildman–Crippen LogP) is 0.787. The fourth-order valence-corrected chi connectivity index (χ4v) is 2.10. The molecule has 1 aromatic rings. The van der Waals surface area contributed by atoms with Crippen molar-refractivity contribution in [3.05, 3.63) is 24.0 Å². The Bertz CT molecular complexity index is 400. The van der Waals surface area contributed by atoms with Crippen molar-refractivity contribution in [2.45, 2.75) is 37.8 Å². The lowest BCUT2D eigenvalue weighted by molar-refractivity contribution is 0.0923. The topological polar surface area (TPSA) is 88.2 Å². The van der Waals surface area contributed by atoms with E-state index in [1.54, 1.807) is 0 Å². The zero-order valence-electron chi connectivity index (χ0n) is 9.60. The molecule has 1 aromatic heterocycles. The number of aromatic hydroxyl groups is 1. The van der Waals surface area contributed by atoms with Gasteiger partial charge in [0.05, 0.1) is 11.8 Å². The summed E-state index contributed by atoms with van der Waals surface area (Å²) in [5, 5.41) is 12.4. The quantitative estimate of drug-likeness (QED) is 0.707. The summed E-state index contributed by atoms with van der Waals surface area (Å²) >= 11 is 0. The highest BCUT2D eigenvalue weighted by atomic mass is 16.3. The fraction of sp³-hybridized carbons (Fsp3) is 0.500. The maximum Gasteiger partial charge on any atom is 0.255 e. The minimum Gasteiger partial charge on any atom is -0.505 e. The van der Waals surface area contributed by atoms with E-state index in [9.17, 15) is 9.90 Å². The van der Waals surface area contributed by atoms with Gasteiger partial charge in [0.25, 0.3) is 5.91 Å². The Morgan fingerprint density at radius 2 is 2.12 bits per heavy atom. The summed E-state index contributed by atoms with van der Waals surface area (Å²) in [7, 11) is 0. The number of hydrogen-bond donors (Lipinski definition) is 3. The van der Waals surface area contributed by atoms with E-state index in [2.05, 4.69) is 10.3 Å². The van der Waals surface area contributed by atoms with Gasteiger partial charge < -0.3 is 16.2 Å². The van der Waals surface area contributed by atoms with Gasteiger partial charge in [0.15, 0.2) is 0 Å². The minimum atomic E-state index is -0.245. The molecule has 0 spiro atoms. The Hall–Kier alpha value is -1.62. The molecule has 0 saturated heterocycles. The first-order chi connectivity index (χ1) is 8.16. The van der Waals surface area contributed by atoms with E-state index in [-0.39, 0.29) is 29.3 Å². The largest absolute Gasteiger partial charge is 0.505 e. The van der Waals surface area contributed by atoms with Crippen LogP contribution in [0.25, 0.3) is 0 Å². The Morgan fingerprint density at radius 1 is 1.41 bits per heavy atom. The average Bonchev–Trinajstić information content (AvgIpc) is 2.32. The molecule has 17 heavy (non-hydrogen) atoms. The molecular weight excluding hydrogens is 218 g/mol. The minimum absolute atomic E-state index is 0.0856. The molecular formula is C12H17N3O2. The average molecular weight is 235 g/mol. The van der Waals surface area contributed by atoms with Gasteiger partial charge in [-0.3, -0.25) is 9.78 Å². The third-order valence-electron chi connectivity index (χ3n) is 3.15. The summed E-state index contributed by atoms with van der Waals surface area (Å²) in [4.78, 5) is 15.6. The van der Waals surface area contributed by atoms with Crippen molar-refractivity contribution in [2.75, 3.05) is 0 Å². The standard InChI is InChI=1S/C12H17N3O2/c13-8-1-3-9(4-2-8)15-12(17)10-5-6-14-7-11(10)16/h5-9,16H,1-4,13H2,(H,15,17). The second-order valence-electron chi connectivity index (χ2n) is 4.48. The van der Waals surface area contributed by atoms with Gasteiger partial charge in [-0.2, -0.15) is 0 Å². The first-order valence-corrected chi connectivity index (χ1v) is 5.86. The Labute approximate surface area is 100 Å². The normalized spacial score (nSPS) is 24.3. The summed E-state index contributed by atoms with van der Waals surface area (Å²) in [5.41, 5.74) is 6.08. The van der Waals surface area contributed by atoms with E-state index in [0.717, 1.165) is 25.7 Å². The maximum absolute atomic E-state index is 11.9. The van der Waals surface area contributed by atoms with Crippen LogP contribution < -0.4 is 11.1 Å². The van der Waals surface area contributed by atoms with Crippen LogP contribution in [0.15, 0.2) is 18.5 Å². The lowest BCUT2D eigenvalue weighted by Crippen LogP contribution is -2.40. The summed E-state index contributed by atoms with van der Waals surface area (Å²) in [6.45, 7) is 0. The van der Waals surface area contributed by atoms with Crippen LogP contribution in [-0.2, 0) is 0 Å². The molecule has 0 bridgehead atoms. The molecule has 0 aliphatic heterocycles. The molecule has 5 nitrogen and oxygen atoms in total. The number of rotatable bonds is 2. The molecule has 0 aromatic carbocycles. The van der Waals surface area contributed by atoms with Crippen molar-refractivity contribution in [3.63, 3.8) is 0 Å². The van der Waals surface area contributed by atoms with Crippen LogP contribution >= 0.6 is 0 Å². The van der Waals surface area contributed by atoms with Gasteiger partial charge in [-0.1, -0.05) is 0 Å². The number of amides is 1. The Kier molecular flexibility index (Phi) is 3.58. The van der Waals surface area contributed by atoms with E-state index >= 15 is 0 Å². The molecule has 0 unspecified atom stereocenters. The number of carbonyl (C=O) groups is 1. The van der Waals surface area contributed by atoms with Crippen LogP contribution in [0.1, 0.15) is 36.0 Å². The summed E-state index contributed by atoms with van der Waals surface area (Å²) in [5.74, 6) is -0.331. The Morgan fingerprint density at radius 3 is 2.76 bits per heavy atom. The molecule has 2 rings (SSSR count). The first kappa shape index (κ1) is 11.9.